The van der Waals surface area contributed by atoms with E-state index in [1.165, 1.54) is 0 Å². The summed E-state index contributed by atoms with van der Waals surface area (Å²) in [4.78, 5) is 22.7. The van der Waals surface area contributed by atoms with Crippen molar-refractivity contribution in [1.82, 2.24) is 0 Å². The van der Waals surface area contributed by atoms with Crippen molar-refractivity contribution in [2.24, 2.45) is 0 Å². The summed E-state index contributed by atoms with van der Waals surface area (Å²) in [5.74, 6) is 0.0562. The molecule has 0 saturated carbocycles. The molecule has 0 fully saturated rings. The van der Waals surface area contributed by atoms with Gasteiger partial charge in [0.2, 0.25) is 5.91 Å². The Hall–Kier alpha value is -3.02. The highest BCUT2D eigenvalue weighted by atomic mass is 16.5. The van der Waals surface area contributed by atoms with Crippen LogP contribution in [0.15, 0.2) is 42.5 Å². The van der Waals surface area contributed by atoms with Crippen LogP contribution in [0.2, 0.25) is 0 Å². The highest BCUT2D eigenvalue weighted by Gasteiger charge is 2.08. The van der Waals surface area contributed by atoms with Crippen LogP contribution in [0.4, 0.5) is 5.69 Å². The molecule has 0 unspecified atom stereocenters. The molecule has 0 spiro atoms. The molecule has 0 aliphatic rings. The van der Waals surface area contributed by atoms with Crippen LogP contribution in [-0.4, -0.2) is 30.2 Å². The topological polar surface area (TPSA) is 84.9 Å². The average Bonchev–Trinajstić information content (AvgIpc) is 2.57. The Bertz CT molecular complexity index is 740. The van der Waals surface area contributed by atoms with Crippen LogP contribution >= 0.6 is 0 Å². The number of aliphatic carboxylic acids is 1. The lowest BCUT2D eigenvalue weighted by Gasteiger charge is -2.11. The van der Waals surface area contributed by atoms with E-state index in [-0.39, 0.29) is 12.3 Å². The minimum atomic E-state index is -1.04. The fourth-order valence-electron chi connectivity index (χ4n) is 2.26. The molecular formula is C19H21NO5. The van der Waals surface area contributed by atoms with Crippen LogP contribution in [0.1, 0.15) is 18.1 Å². The van der Waals surface area contributed by atoms with Gasteiger partial charge in [-0.3, -0.25) is 4.79 Å². The normalized spacial score (nSPS) is 10.2. The molecule has 132 valence electrons. The smallest absolute Gasteiger partial charge is 0.341 e. The molecule has 0 atom stereocenters. The van der Waals surface area contributed by atoms with E-state index in [1.54, 1.807) is 18.2 Å². The maximum atomic E-state index is 12.2. The Balaban J connectivity index is 1.94. The summed E-state index contributed by atoms with van der Waals surface area (Å²) in [5.41, 5.74) is 2.35. The zero-order chi connectivity index (χ0) is 18.2. The van der Waals surface area contributed by atoms with Crippen molar-refractivity contribution in [3.8, 4) is 11.5 Å². The van der Waals surface area contributed by atoms with Crippen molar-refractivity contribution in [3.63, 3.8) is 0 Å². The lowest BCUT2D eigenvalue weighted by Crippen LogP contribution is -2.15. The predicted molar refractivity (Wildman–Crippen MR) is 94.3 cm³/mol. The molecule has 0 aliphatic heterocycles. The van der Waals surface area contributed by atoms with E-state index in [0.717, 1.165) is 16.9 Å². The SMILES string of the molecule is CCOc1ccc(CC(=O)Nc2ccc(OCC(=O)O)cc2C)cc1. The molecule has 2 aromatic rings. The number of nitrogens with one attached hydrogen (secondary N) is 1. The number of rotatable bonds is 8. The van der Waals surface area contributed by atoms with Gasteiger partial charge in [-0.1, -0.05) is 12.1 Å². The number of aryl methyl sites for hydroxylation is 1. The Morgan fingerprint density at radius 3 is 2.32 bits per heavy atom. The zero-order valence-corrected chi connectivity index (χ0v) is 14.2. The number of carbonyl (C=O) groups excluding carboxylic acids is 1. The number of hydrogen-bond donors (Lipinski definition) is 2. The largest absolute Gasteiger partial charge is 0.494 e. The van der Waals surface area contributed by atoms with Gasteiger partial charge in [-0.2, -0.15) is 0 Å². The molecule has 2 aromatic carbocycles. The van der Waals surface area contributed by atoms with Crippen LogP contribution in [-0.2, 0) is 16.0 Å². The van der Waals surface area contributed by atoms with Crippen molar-refractivity contribution in [2.45, 2.75) is 20.3 Å². The van der Waals surface area contributed by atoms with Crippen molar-refractivity contribution in [2.75, 3.05) is 18.5 Å². The fourth-order valence-corrected chi connectivity index (χ4v) is 2.26. The Morgan fingerprint density at radius 1 is 1.04 bits per heavy atom. The summed E-state index contributed by atoms with van der Waals surface area (Å²) in [6, 6.07) is 12.4. The highest BCUT2D eigenvalue weighted by molar-refractivity contribution is 5.93. The van der Waals surface area contributed by atoms with Gasteiger partial charge in [-0.15, -0.1) is 0 Å². The van der Waals surface area contributed by atoms with Gasteiger partial charge in [0.1, 0.15) is 11.5 Å². The van der Waals surface area contributed by atoms with Crippen molar-refractivity contribution in [1.29, 1.82) is 0 Å². The third kappa shape index (κ3) is 5.84. The van der Waals surface area contributed by atoms with Gasteiger partial charge in [-0.25, -0.2) is 4.79 Å². The second-order valence-corrected chi connectivity index (χ2v) is 5.46. The van der Waals surface area contributed by atoms with Crippen molar-refractivity contribution < 1.29 is 24.2 Å². The first-order valence-corrected chi connectivity index (χ1v) is 7.94. The maximum Gasteiger partial charge on any atom is 0.341 e. The minimum Gasteiger partial charge on any atom is -0.494 e. The van der Waals surface area contributed by atoms with Gasteiger partial charge in [0.15, 0.2) is 6.61 Å². The van der Waals surface area contributed by atoms with Gasteiger partial charge in [0.05, 0.1) is 13.0 Å². The van der Waals surface area contributed by atoms with Crippen LogP contribution < -0.4 is 14.8 Å². The number of carboxylic acid groups (broad SMARTS) is 1. The molecule has 0 aliphatic carbocycles. The third-order valence-electron chi connectivity index (χ3n) is 3.43. The van der Waals surface area contributed by atoms with Crippen LogP contribution in [0.3, 0.4) is 0 Å². The first-order valence-electron chi connectivity index (χ1n) is 7.94. The summed E-state index contributed by atoms with van der Waals surface area (Å²) >= 11 is 0. The number of ether oxygens (including phenoxy) is 2. The summed E-state index contributed by atoms with van der Waals surface area (Å²) < 4.78 is 10.5. The molecule has 0 heterocycles. The average molecular weight is 343 g/mol. The van der Waals surface area contributed by atoms with Gasteiger partial charge in [-0.05, 0) is 55.3 Å². The van der Waals surface area contributed by atoms with E-state index < -0.39 is 12.6 Å². The van der Waals surface area contributed by atoms with Crippen molar-refractivity contribution >= 4 is 17.6 Å². The number of anilines is 1. The Labute approximate surface area is 146 Å². The Kier molecular flexibility index (Phi) is 6.39. The number of carbonyl (C=O) groups is 2. The van der Waals surface area contributed by atoms with E-state index in [2.05, 4.69) is 5.32 Å². The molecule has 0 aromatic heterocycles. The molecule has 2 N–H and O–H groups in total. The zero-order valence-electron chi connectivity index (χ0n) is 14.2. The predicted octanol–water partition coefficient (Wildman–Crippen LogP) is 3.04. The number of benzene rings is 2. The lowest BCUT2D eigenvalue weighted by atomic mass is 10.1. The standard InChI is InChI=1S/C19H21NO5/c1-3-24-15-6-4-14(5-7-15)11-18(21)20-17-9-8-16(10-13(17)2)25-12-19(22)23/h4-10H,3,11-12H2,1-2H3,(H,20,21)(H,22,23). The molecule has 2 rings (SSSR count). The van der Waals surface area contributed by atoms with Gasteiger partial charge in [0.25, 0.3) is 0 Å². The van der Waals surface area contributed by atoms with Gasteiger partial charge >= 0.3 is 5.97 Å². The molecule has 1 amide bonds. The van der Waals surface area contributed by atoms with E-state index in [9.17, 15) is 9.59 Å². The summed E-state index contributed by atoms with van der Waals surface area (Å²) in [5, 5.41) is 11.5. The molecule has 0 bridgehead atoms. The van der Waals surface area contributed by atoms with Gasteiger partial charge < -0.3 is 19.9 Å². The molecular weight excluding hydrogens is 322 g/mol. The van der Waals surface area contributed by atoms with E-state index in [1.807, 2.05) is 38.1 Å². The summed E-state index contributed by atoms with van der Waals surface area (Å²) in [6.45, 7) is 3.94. The maximum absolute atomic E-state index is 12.2. The second kappa shape index (κ2) is 8.73. The summed E-state index contributed by atoms with van der Waals surface area (Å²) in [7, 11) is 0. The lowest BCUT2D eigenvalue weighted by molar-refractivity contribution is -0.139. The fraction of sp³-hybridized carbons (Fsp3) is 0.263. The first kappa shape index (κ1) is 18.3. The van der Waals surface area contributed by atoms with Crippen LogP contribution in [0, 0.1) is 6.92 Å². The third-order valence-corrected chi connectivity index (χ3v) is 3.43. The number of carboxylic acids is 1. The molecule has 0 saturated heterocycles. The Morgan fingerprint density at radius 2 is 1.72 bits per heavy atom. The molecule has 6 heteroatoms. The quantitative estimate of drug-likeness (QED) is 0.769. The van der Waals surface area contributed by atoms with Crippen molar-refractivity contribution in [3.05, 3.63) is 53.6 Å². The minimum absolute atomic E-state index is 0.133. The van der Waals surface area contributed by atoms with Crippen LogP contribution in [0.5, 0.6) is 11.5 Å². The summed E-state index contributed by atoms with van der Waals surface area (Å²) in [6.07, 6.45) is 0.253. The first-order chi connectivity index (χ1) is 12.0. The molecule has 0 radical (unpaired) electrons. The molecule has 25 heavy (non-hydrogen) atoms. The monoisotopic (exact) mass is 343 g/mol. The number of hydrogen-bond acceptors (Lipinski definition) is 4. The molecule has 6 nitrogen and oxygen atoms in total. The van der Waals surface area contributed by atoms with E-state index in [4.69, 9.17) is 14.6 Å². The number of amides is 1. The second-order valence-electron chi connectivity index (χ2n) is 5.46. The van der Waals surface area contributed by atoms with E-state index in [0.29, 0.717) is 18.0 Å². The van der Waals surface area contributed by atoms with E-state index >= 15 is 0 Å². The van der Waals surface area contributed by atoms with Gasteiger partial charge in [0, 0.05) is 5.69 Å². The highest BCUT2D eigenvalue weighted by Crippen LogP contribution is 2.22. The van der Waals surface area contributed by atoms with Crippen LogP contribution in [0.25, 0.3) is 0 Å².